The molecule has 0 aromatic heterocycles. The van der Waals surface area contributed by atoms with E-state index in [0.717, 1.165) is 44.9 Å². The van der Waals surface area contributed by atoms with Crippen LogP contribution < -0.4 is 0 Å². The zero-order valence-electron chi connectivity index (χ0n) is 56.1. The van der Waals surface area contributed by atoms with E-state index < -0.39 is 18.4 Å². The van der Waals surface area contributed by atoms with Crippen molar-refractivity contribution in [3.8, 4) is 0 Å². The highest BCUT2D eigenvalue weighted by atomic mass is 16.7. The maximum atomic E-state index is 12.9. The van der Waals surface area contributed by atoms with E-state index >= 15 is 0 Å². The zero-order chi connectivity index (χ0) is 60.5. The summed E-state index contributed by atoms with van der Waals surface area (Å²) < 4.78 is 23.0. The number of esters is 2. The van der Waals surface area contributed by atoms with Crippen LogP contribution in [0.3, 0.4) is 0 Å². The molecule has 490 valence electrons. The lowest BCUT2D eigenvalue weighted by molar-refractivity contribution is -0.870. The molecule has 83 heavy (non-hydrogen) atoms. The fourth-order valence-electron chi connectivity index (χ4n) is 11.1. The molecule has 0 bridgehead atoms. The van der Waals surface area contributed by atoms with Crippen molar-refractivity contribution in [2.75, 3.05) is 47.5 Å². The fraction of sp³-hybridized carbons (Fsp3) is 0.905. The van der Waals surface area contributed by atoms with Gasteiger partial charge in [-0.25, -0.2) is 4.79 Å². The highest BCUT2D eigenvalue weighted by Gasteiger charge is 2.25. The summed E-state index contributed by atoms with van der Waals surface area (Å²) in [5, 5.41) is 9.75. The van der Waals surface area contributed by atoms with E-state index in [4.69, 9.17) is 18.9 Å². The molecule has 0 aromatic rings. The molecule has 9 nitrogen and oxygen atoms in total. The molecule has 0 amide bonds. The van der Waals surface area contributed by atoms with Gasteiger partial charge in [0.25, 0.3) is 6.29 Å². The summed E-state index contributed by atoms with van der Waals surface area (Å²) in [6.45, 7) is 4.94. The molecular weight excluding hydrogens is 1030 g/mol. The van der Waals surface area contributed by atoms with Crippen LogP contribution in [0, 0.1) is 0 Å². The lowest BCUT2D eigenvalue weighted by Crippen LogP contribution is -2.40. The van der Waals surface area contributed by atoms with Gasteiger partial charge in [0.05, 0.1) is 34.4 Å². The third-order valence-corrected chi connectivity index (χ3v) is 16.7. The van der Waals surface area contributed by atoms with Gasteiger partial charge in [0.1, 0.15) is 13.2 Å². The molecule has 0 spiro atoms. The summed E-state index contributed by atoms with van der Waals surface area (Å²) >= 11 is 0. The topological polar surface area (TPSA) is 108 Å². The molecule has 0 aliphatic rings. The minimum absolute atomic E-state index is 0.176. The average molecular weight is 1170 g/mol. The number of carbonyl (C=O) groups excluding carboxylic acids is 2. The molecule has 0 saturated carbocycles. The van der Waals surface area contributed by atoms with Gasteiger partial charge in [0, 0.05) is 12.8 Å². The van der Waals surface area contributed by atoms with E-state index in [1.54, 1.807) is 0 Å². The second-order valence-corrected chi connectivity index (χ2v) is 26.3. The fourth-order valence-corrected chi connectivity index (χ4v) is 11.1. The number of carbonyl (C=O) groups is 3. The SMILES string of the molecule is CCCCCCC/C=C\C/C=C\CCCCCCCCCCCCCCCC(=O)OC(COC(=O)CCCCCCCCCCCCCCCCCCCCCCCCCCCCCCCCCCC)COC(OCC[N+](C)(C)C)C(=O)O. The predicted octanol–water partition coefficient (Wildman–Crippen LogP) is 22.6. The number of allylic oxidation sites excluding steroid dienone is 4. The van der Waals surface area contributed by atoms with Gasteiger partial charge < -0.3 is 28.5 Å². The van der Waals surface area contributed by atoms with Crippen molar-refractivity contribution in [3.63, 3.8) is 0 Å². The first-order chi connectivity index (χ1) is 40.6. The second-order valence-electron chi connectivity index (χ2n) is 26.3. The Balaban J connectivity index is 4.02. The van der Waals surface area contributed by atoms with E-state index in [-0.39, 0.29) is 38.2 Å². The maximum absolute atomic E-state index is 12.9. The number of ether oxygens (including phenoxy) is 4. The maximum Gasteiger partial charge on any atom is 0.361 e. The number of likely N-dealkylation sites (N-methyl/N-ethyl adjacent to an activating group) is 1. The first-order valence-corrected chi connectivity index (χ1v) is 36.5. The van der Waals surface area contributed by atoms with Crippen molar-refractivity contribution in [3.05, 3.63) is 24.3 Å². The molecule has 0 aromatic carbocycles. The van der Waals surface area contributed by atoms with Crippen LogP contribution in [-0.4, -0.2) is 87.4 Å². The monoisotopic (exact) mass is 1170 g/mol. The Morgan fingerprint density at radius 2 is 0.651 bits per heavy atom. The van der Waals surface area contributed by atoms with E-state index in [9.17, 15) is 19.5 Å². The number of quaternary nitrogens is 1. The summed E-state index contributed by atoms with van der Waals surface area (Å²) in [6, 6.07) is 0. The third kappa shape index (κ3) is 67.1. The van der Waals surface area contributed by atoms with Gasteiger partial charge in [0.15, 0.2) is 6.10 Å². The van der Waals surface area contributed by atoms with Crippen molar-refractivity contribution in [2.45, 2.75) is 386 Å². The van der Waals surface area contributed by atoms with Crippen LogP contribution in [0.5, 0.6) is 0 Å². The van der Waals surface area contributed by atoms with Crippen molar-refractivity contribution in [1.29, 1.82) is 0 Å². The molecule has 0 saturated heterocycles. The summed E-state index contributed by atoms with van der Waals surface area (Å²) in [4.78, 5) is 37.6. The molecule has 0 radical (unpaired) electrons. The highest BCUT2D eigenvalue weighted by molar-refractivity contribution is 5.71. The Kier molecular flexibility index (Phi) is 64.0. The highest BCUT2D eigenvalue weighted by Crippen LogP contribution is 2.19. The van der Waals surface area contributed by atoms with Crippen LogP contribution in [0.1, 0.15) is 373 Å². The summed E-state index contributed by atoms with van der Waals surface area (Å²) in [5.74, 6) is -1.98. The molecule has 0 fully saturated rings. The standard InChI is InChI=1S/C74H141NO8/c1-6-8-10-12-14-16-18-20-22-24-26-28-30-32-33-34-35-36-37-38-39-41-42-44-46-48-50-52-54-56-58-60-62-64-71(76)81-68-70(69-82-74(73(78)79)80-67-66-75(3,4)5)83-72(77)65-63-61-59-57-55-53-51-49-47-45-43-40-31-29-27-25-23-21-19-17-15-13-11-9-7-2/h19,21,25,27,70,74H,6-18,20,22-24,26,28-69H2,1-5H3/p+1/b21-19-,27-25-. The quantitative estimate of drug-likeness (QED) is 0.0211. The van der Waals surface area contributed by atoms with Crippen molar-refractivity contribution in [1.82, 2.24) is 0 Å². The van der Waals surface area contributed by atoms with E-state index in [0.29, 0.717) is 17.4 Å². The van der Waals surface area contributed by atoms with Gasteiger partial charge in [-0.3, -0.25) is 9.59 Å². The average Bonchev–Trinajstić information content (AvgIpc) is 3.46. The van der Waals surface area contributed by atoms with E-state index in [1.807, 2.05) is 21.1 Å². The van der Waals surface area contributed by atoms with Gasteiger partial charge >= 0.3 is 17.9 Å². The largest absolute Gasteiger partial charge is 0.477 e. The normalized spacial score (nSPS) is 12.7. The Morgan fingerprint density at radius 1 is 0.361 bits per heavy atom. The number of aliphatic carboxylic acids is 1. The number of nitrogens with zero attached hydrogens (tertiary/aromatic N) is 1. The van der Waals surface area contributed by atoms with Crippen LogP contribution in [0.15, 0.2) is 24.3 Å². The first kappa shape index (κ1) is 80.8. The number of hydrogen-bond acceptors (Lipinski definition) is 7. The van der Waals surface area contributed by atoms with Gasteiger partial charge in [-0.1, -0.05) is 340 Å². The molecule has 0 heterocycles. The minimum Gasteiger partial charge on any atom is -0.477 e. The summed E-state index contributed by atoms with van der Waals surface area (Å²) in [5.41, 5.74) is 0. The van der Waals surface area contributed by atoms with Crippen molar-refractivity contribution in [2.24, 2.45) is 0 Å². The van der Waals surface area contributed by atoms with Gasteiger partial charge in [0.2, 0.25) is 0 Å². The molecule has 0 aliphatic heterocycles. The van der Waals surface area contributed by atoms with Crippen molar-refractivity contribution < 1.29 is 42.9 Å². The number of rotatable bonds is 69. The van der Waals surface area contributed by atoms with E-state index in [2.05, 4.69) is 38.2 Å². The summed E-state index contributed by atoms with van der Waals surface area (Å²) in [7, 11) is 5.99. The lowest BCUT2D eigenvalue weighted by atomic mass is 10.0. The molecule has 2 atom stereocenters. The Hall–Kier alpha value is -2.23. The Morgan fingerprint density at radius 3 is 0.952 bits per heavy atom. The third-order valence-electron chi connectivity index (χ3n) is 16.7. The molecule has 9 heteroatoms. The number of carboxylic acids is 1. The van der Waals surface area contributed by atoms with E-state index in [1.165, 1.54) is 302 Å². The Labute approximate surface area is 516 Å². The second kappa shape index (κ2) is 65.7. The molecular formula is C74H142NO8+. The molecule has 0 rings (SSSR count). The number of hydrogen-bond donors (Lipinski definition) is 1. The Bertz CT molecular complexity index is 1410. The zero-order valence-corrected chi connectivity index (χ0v) is 56.1. The first-order valence-electron chi connectivity index (χ1n) is 36.5. The van der Waals surface area contributed by atoms with Crippen LogP contribution in [0.2, 0.25) is 0 Å². The van der Waals surface area contributed by atoms with Crippen LogP contribution in [0.25, 0.3) is 0 Å². The number of unbranched alkanes of at least 4 members (excludes halogenated alkanes) is 50. The van der Waals surface area contributed by atoms with Gasteiger partial charge in [-0.05, 0) is 44.9 Å². The summed E-state index contributed by atoms with van der Waals surface area (Å²) in [6.07, 6.45) is 78.8. The lowest BCUT2D eigenvalue weighted by Gasteiger charge is -2.25. The predicted molar refractivity (Wildman–Crippen MR) is 355 cm³/mol. The van der Waals surface area contributed by atoms with Crippen LogP contribution in [-0.2, 0) is 33.3 Å². The van der Waals surface area contributed by atoms with Crippen LogP contribution >= 0.6 is 0 Å². The number of carboxylic acid groups (broad SMARTS) is 1. The molecule has 1 N–H and O–H groups in total. The van der Waals surface area contributed by atoms with Gasteiger partial charge in [-0.2, -0.15) is 0 Å². The molecule has 0 aliphatic carbocycles. The van der Waals surface area contributed by atoms with Crippen LogP contribution in [0.4, 0.5) is 0 Å². The van der Waals surface area contributed by atoms with Crippen molar-refractivity contribution >= 4 is 17.9 Å². The van der Waals surface area contributed by atoms with Gasteiger partial charge in [-0.15, -0.1) is 0 Å². The minimum atomic E-state index is -1.51. The molecule has 2 unspecified atom stereocenters. The smallest absolute Gasteiger partial charge is 0.361 e.